The van der Waals surface area contributed by atoms with Crippen molar-refractivity contribution in [3.8, 4) is 0 Å². The Morgan fingerprint density at radius 1 is 1.27 bits per heavy atom. The van der Waals surface area contributed by atoms with Crippen LogP contribution >= 0.6 is 0 Å². The van der Waals surface area contributed by atoms with E-state index in [9.17, 15) is 4.79 Å². The topological polar surface area (TPSA) is 54.4 Å². The second kappa shape index (κ2) is 5.10. The molecule has 0 aromatic rings. The molecule has 0 amide bonds. The number of aliphatic carboxylic acids is 1. The smallest absolute Gasteiger partial charge is 0.300 e. The number of Topliss-reactive ketones (excluding diaryl/α,β-unsaturated/α-hetero) is 1. The Morgan fingerprint density at radius 2 is 1.67 bits per heavy atom. The third-order valence-electron chi connectivity index (χ3n) is 2.44. The molecule has 1 aliphatic carbocycles. The first kappa shape index (κ1) is 13.9. The maximum Gasteiger partial charge on any atom is 0.300 e. The Labute approximate surface area is 91.2 Å². The molecule has 0 unspecified atom stereocenters. The fourth-order valence-corrected chi connectivity index (χ4v) is 1.72. The van der Waals surface area contributed by atoms with Crippen molar-refractivity contribution in [1.29, 1.82) is 0 Å². The Balaban J connectivity index is 0.000000423. The minimum Gasteiger partial charge on any atom is -0.481 e. The summed E-state index contributed by atoms with van der Waals surface area (Å²) in [5.41, 5.74) is 2.45. The standard InChI is InChI=1S/C10H16O.C2H4O2/c1-7-5-10(3,4)6-9(11)8(7)2;1-2(3)4/h5-6H2,1-4H3;1H3,(H,3,4). The van der Waals surface area contributed by atoms with Crippen LogP contribution in [0.2, 0.25) is 0 Å². The van der Waals surface area contributed by atoms with Gasteiger partial charge in [-0.3, -0.25) is 9.59 Å². The van der Waals surface area contributed by atoms with Crippen LogP contribution in [0.15, 0.2) is 11.1 Å². The van der Waals surface area contributed by atoms with Gasteiger partial charge in [0, 0.05) is 13.3 Å². The summed E-state index contributed by atoms with van der Waals surface area (Å²) < 4.78 is 0. The zero-order valence-electron chi connectivity index (χ0n) is 10.2. The Bertz CT molecular complexity index is 294. The normalized spacial score (nSPS) is 19.4. The van der Waals surface area contributed by atoms with Gasteiger partial charge >= 0.3 is 0 Å². The summed E-state index contributed by atoms with van der Waals surface area (Å²) in [6.07, 6.45) is 1.79. The number of hydrogen-bond donors (Lipinski definition) is 1. The van der Waals surface area contributed by atoms with Gasteiger partial charge < -0.3 is 5.11 Å². The van der Waals surface area contributed by atoms with Crippen molar-refractivity contribution in [2.45, 2.75) is 47.5 Å². The molecule has 0 aliphatic heterocycles. The first-order chi connectivity index (χ1) is 6.65. The second-order valence-corrected chi connectivity index (χ2v) is 4.87. The zero-order chi connectivity index (χ0) is 12.2. The predicted molar refractivity (Wildman–Crippen MR) is 59.7 cm³/mol. The van der Waals surface area contributed by atoms with Gasteiger partial charge in [-0.1, -0.05) is 19.4 Å². The molecule has 3 heteroatoms. The Kier molecular flexibility index (Phi) is 4.72. The van der Waals surface area contributed by atoms with Crippen molar-refractivity contribution in [2.75, 3.05) is 0 Å². The maximum absolute atomic E-state index is 11.4. The molecule has 0 heterocycles. The average Bonchev–Trinajstić information content (AvgIpc) is 1.97. The van der Waals surface area contributed by atoms with Crippen LogP contribution in [0.25, 0.3) is 0 Å². The van der Waals surface area contributed by atoms with Crippen molar-refractivity contribution in [3.05, 3.63) is 11.1 Å². The third-order valence-corrected chi connectivity index (χ3v) is 2.44. The van der Waals surface area contributed by atoms with Crippen molar-refractivity contribution in [1.82, 2.24) is 0 Å². The van der Waals surface area contributed by atoms with Gasteiger partial charge in [-0.25, -0.2) is 0 Å². The fraction of sp³-hybridized carbons (Fsp3) is 0.667. The van der Waals surface area contributed by atoms with E-state index >= 15 is 0 Å². The van der Waals surface area contributed by atoms with Crippen LogP contribution in [0.1, 0.15) is 47.5 Å². The third kappa shape index (κ3) is 5.35. The van der Waals surface area contributed by atoms with E-state index in [1.165, 1.54) is 5.57 Å². The van der Waals surface area contributed by atoms with Gasteiger partial charge in [0.2, 0.25) is 0 Å². The number of ketones is 1. The van der Waals surface area contributed by atoms with Crippen LogP contribution in [-0.4, -0.2) is 16.9 Å². The highest BCUT2D eigenvalue weighted by molar-refractivity contribution is 5.96. The van der Waals surface area contributed by atoms with Crippen LogP contribution in [0.4, 0.5) is 0 Å². The van der Waals surface area contributed by atoms with Gasteiger partial charge in [-0.15, -0.1) is 0 Å². The number of carbonyl (C=O) groups excluding carboxylic acids is 1. The summed E-state index contributed by atoms with van der Waals surface area (Å²) in [7, 11) is 0. The number of carbonyl (C=O) groups is 2. The Hall–Kier alpha value is -1.12. The minimum absolute atomic E-state index is 0.195. The van der Waals surface area contributed by atoms with E-state index in [0.717, 1.165) is 25.3 Å². The molecular formula is C12H20O3. The lowest BCUT2D eigenvalue weighted by atomic mass is 9.74. The lowest BCUT2D eigenvalue weighted by Gasteiger charge is -2.29. The summed E-state index contributed by atoms with van der Waals surface area (Å²) >= 11 is 0. The first-order valence-electron chi connectivity index (χ1n) is 5.05. The molecule has 0 aromatic heterocycles. The van der Waals surface area contributed by atoms with E-state index in [0.29, 0.717) is 5.78 Å². The molecule has 0 saturated carbocycles. The maximum atomic E-state index is 11.4. The molecule has 86 valence electrons. The fourth-order valence-electron chi connectivity index (χ4n) is 1.72. The molecule has 3 nitrogen and oxygen atoms in total. The molecular weight excluding hydrogens is 192 g/mol. The van der Waals surface area contributed by atoms with E-state index in [1.807, 2.05) is 6.92 Å². The molecule has 1 aliphatic rings. The lowest BCUT2D eigenvalue weighted by molar-refractivity contribution is -0.134. The summed E-state index contributed by atoms with van der Waals surface area (Å²) in [6, 6.07) is 0. The molecule has 0 bridgehead atoms. The van der Waals surface area contributed by atoms with Crippen LogP contribution in [0, 0.1) is 5.41 Å². The van der Waals surface area contributed by atoms with Gasteiger partial charge in [0.15, 0.2) is 5.78 Å². The molecule has 0 radical (unpaired) electrons. The zero-order valence-corrected chi connectivity index (χ0v) is 10.2. The van der Waals surface area contributed by atoms with Gasteiger partial charge in [-0.05, 0) is 31.3 Å². The van der Waals surface area contributed by atoms with Gasteiger partial charge in [0.1, 0.15) is 0 Å². The van der Waals surface area contributed by atoms with Crippen molar-refractivity contribution in [2.24, 2.45) is 5.41 Å². The van der Waals surface area contributed by atoms with Crippen molar-refractivity contribution >= 4 is 11.8 Å². The van der Waals surface area contributed by atoms with Gasteiger partial charge in [0.05, 0.1) is 0 Å². The number of allylic oxidation sites excluding steroid dienone is 2. The lowest BCUT2D eigenvalue weighted by Crippen LogP contribution is -2.23. The molecule has 0 spiro atoms. The highest BCUT2D eigenvalue weighted by Crippen LogP contribution is 2.36. The average molecular weight is 212 g/mol. The second-order valence-electron chi connectivity index (χ2n) is 4.87. The quantitative estimate of drug-likeness (QED) is 0.671. The monoisotopic (exact) mass is 212 g/mol. The SMILES string of the molecule is CC(=O)O.CC1=C(C)C(=O)CC(C)(C)C1. The highest BCUT2D eigenvalue weighted by atomic mass is 16.4. The summed E-state index contributed by atoms with van der Waals surface area (Å²) in [4.78, 5) is 20.4. The minimum atomic E-state index is -0.833. The number of carboxylic acids is 1. The van der Waals surface area contributed by atoms with Crippen molar-refractivity contribution < 1.29 is 14.7 Å². The van der Waals surface area contributed by atoms with E-state index in [2.05, 4.69) is 20.8 Å². The van der Waals surface area contributed by atoms with E-state index in [-0.39, 0.29) is 5.41 Å². The molecule has 0 saturated heterocycles. The van der Waals surface area contributed by atoms with Crippen LogP contribution in [0.3, 0.4) is 0 Å². The number of hydrogen-bond acceptors (Lipinski definition) is 2. The van der Waals surface area contributed by atoms with Crippen LogP contribution < -0.4 is 0 Å². The van der Waals surface area contributed by atoms with Crippen LogP contribution in [0.5, 0.6) is 0 Å². The van der Waals surface area contributed by atoms with E-state index in [1.54, 1.807) is 0 Å². The molecule has 0 aromatic carbocycles. The molecule has 1 rings (SSSR count). The molecule has 1 N–H and O–H groups in total. The number of rotatable bonds is 0. The van der Waals surface area contributed by atoms with Crippen LogP contribution in [-0.2, 0) is 9.59 Å². The number of carboxylic acid groups (broad SMARTS) is 1. The largest absolute Gasteiger partial charge is 0.481 e. The summed E-state index contributed by atoms with van der Waals surface area (Å²) in [6.45, 7) is 9.39. The Morgan fingerprint density at radius 3 is 2.00 bits per heavy atom. The van der Waals surface area contributed by atoms with Gasteiger partial charge in [0.25, 0.3) is 5.97 Å². The van der Waals surface area contributed by atoms with E-state index < -0.39 is 5.97 Å². The molecule has 0 atom stereocenters. The first-order valence-corrected chi connectivity index (χ1v) is 5.05. The predicted octanol–water partition coefficient (Wildman–Crippen LogP) is 2.80. The van der Waals surface area contributed by atoms with Gasteiger partial charge in [-0.2, -0.15) is 0 Å². The molecule has 0 fully saturated rings. The summed E-state index contributed by atoms with van der Waals surface area (Å²) in [5.74, 6) is -0.501. The highest BCUT2D eigenvalue weighted by Gasteiger charge is 2.28. The van der Waals surface area contributed by atoms with E-state index in [4.69, 9.17) is 9.90 Å². The summed E-state index contributed by atoms with van der Waals surface area (Å²) in [5, 5.41) is 7.42. The van der Waals surface area contributed by atoms with Crippen molar-refractivity contribution in [3.63, 3.8) is 0 Å². The molecule has 15 heavy (non-hydrogen) atoms.